The molecule has 1 aliphatic heterocycles. The Labute approximate surface area is 111 Å². The Balaban J connectivity index is 1.81. The third kappa shape index (κ3) is 3.47. The molecule has 5 nitrogen and oxygen atoms in total. The molecule has 19 heavy (non-hydrogen) atoms. The van der Waals surface area contributed by atoms with E-state index in [2.05, 4.69) is 5.32 Å². The minimum atomic E-state index is -0.855. The summed E-state index contributed by atoms with van der Waals surface area (Å²) in [7, 11) is 0. The van der Waals surface area contributed by atoms with Crippen molar-refractivity contribution in [1.82, 2.24) is 5.32 Å². The number of rotatable bonds is 5. The second kappa shape index (κ2) is 5.73. The predicted molar refractivity (Wildman–Crippen MR) is 69.0 cm³/mol. The molecule has 2 N–H and O–H groups in total. The van der Waals surface area contributed by atoms with Gasteiger partial charge in [0.1, 0.15) is 5.75 Å². The van der Waals surface area contributed by atoms with Crippen molar-refractivity contribution < 1.29 is 19.4 Å². The molecule has 0 saturated carbocycles. The van der Waals surface area contributed by atoms with Gasteiger partial charge >= 0.3 is 5.97 Å². The van der Waals surface area contributed by atoms with E-state index in [1.807, 2.05) is 24.3 Å². The highest BCUT2D eigenvalue weighted by atomic mass is 16.5. The number of benzene rings is 1. The molecule has 1 aromatic rings. The molecule has 1 amide bonds. The number of aliphatic carboxylic acids is 1. The van der Waals surface area contributed by atoms with Crippen molar-refractivity contribution in [3.63, 3.8) is 0 Å². The van der Waals surface area contributed by atoms with Crippen LogP contribution in [0.1, 0.15) is 18.9 Å². The topological polar surface area (TPSA) is 75.6 Å². The van der Waals surface area contributed by atoms with Gasteiger partial charge in [0.05, 0.1) is 0 Å². The van der Waals surface area contributed by atoms with Crippen LogP contribution >= 0.6 is 0 Å². The summed E-state index contributed by atoms with van der Waals surface area (Å²) in [6.45, 7) is 2.14. The molecule has 0 radical (unpaired) electrons. The van der Waals surface area contributed by atoms with Crippen LogP contribution in [0.25, 0.3) is 0 Å². The van der Waals surface area contributed by atoms with Crippen LogP contribution in [0, 0.1) is 5.92 Å². The maximum atomic E-state index is 11.9. The Morgan fingerprint density at radius 2 is 2.21 bits per heavy atom. The number of para-hydroxylation sites is 1. The second-order valence-corrected chi connectivity index (χ2v) is 4.87. The fourth-order valence-electron chi connectivity index (χ4n) is 2.09. The van der Waals surface area contributed by atoms with Crippen LogP contribution in [0.2, 0.25) is 0 Å². The van der Waals surface area contributed by atoms with Crippen LogP contribution < -0.4 is 10.1 Å². The lowest BCUT2D eigenvalue weighted by atomic mass is 10.1. The van der Waals surface area contributed by atoms with Crippen molar-refractivity contribution in [1.29, 1.82) is 0 Å². The van der Waals surface area contributed by atoms with Crippen molar-refractivity contribution in [2.75, 3.05) is 6.54 Å². The lowest BCUT2D eigenvalue weighted by molar-refractivity contribution is -0.138. The molecule has 2 unspecified atom stereocenters. The van der Waals surface area contributed by atoms with Gasteiger partial charge in [-0.15, -0.1) is 0 Å². The maximum absolute atomic E-state index is 11.9. The quantitative estimate of drug-likeness (QED) is 0.837. The summed E-state index contributed by atoms with van der Waals surface area (Å²) in [4.78, 5) is 22.4. The lowest BCUT2D eigenvalue weighted by Gasteiger charge is -2.14. The van der Waals surface area contributed by atoms with Crippen LogP contribution in [-0.2, 0) is 16.0 Å². The van der Waals surface area contributed by atoms with Crippen molar-refractivity contribution >= 4 is 11.9 Å². The number of hydrogen-bond acceptors (Lipinski definition) is 3. The molecule has 0 bridgehead atoms. The number of hydrogen-bond donors (Lipinski definition) is 2. The number of carboxylic acids is 1. The molecule has 0 spiro atoms. The first kappa shape index (κ1) is 13.4. The van der Waals surface area contributed by atoms with E-state index in [0.717, 1.165) is 11.3 Å². The molecule has 0 fully saturated rings. The zero-order chi connectivity index (χ0) is 13.8. The third-order valence-corrected chi connectivity index (χ3v) is 3.09. The fraction of sp³-hybridized carbons (Fsp3) is 0.429. The molecule has 2 atom stereocenters. The van der Waals surface area contributed by atoms with Gasteiger partial charge in [-0.05, 0) is 17.5 Å². The minimum absolute atomic E-state index is 0.0476. The normalized spacial score (nSPS) is 18.3. The van der Waals surface area contributed by atoms with Crippen molar-refractivity contribution in [3.05, 3.63) is 29.8 Å². The van der Waals surface area contributed by atoms with Gasteiger partial charge in [-0.25, -0.2) is 0 Å². The van der Waals surface area contributed by atoms with E-state index >= 15 is 0 Å². The van der Waals surface area contributed by atoms with E-state index in [1.165, 1.54) is 0 Å². The largest absolute Gasteiger partial charge is 0.481 e. The molecule has 0 aromatic heterocycles. The minimum Gasteiger partial charge on any atom is -0.481 e. The Morgan fingerprint density at radius 3 is 2.89 bits per heavy atom. The van der Waals surface area contributed by atoms with Gasteiger partial charge in [0, 0.05) is 19.4 Å². The van der Waals surface area contributed by atoms with Crippen molar-refractivity contribution in [2.45, 2.75) is 25.9 Å². The van der Waals surface area contributed by atoms with Gasteiger partial charge in [0.2, 0.25) is 0 Å². The number of carbonyl (C=O) groups is 2. The first-order chi connectivity index (χ1) is 9.06. The molecule has 5 heteroatoms. The first-order valence-corrected chi connectivity index (χ1v) is 6.30. The van der Waals surface area contributed by atoms with Crippen molar-refractivity contribution in [2.24, 2.45) is 5.92 Å². The molecule has 1 aliphatic rings. The maximum Gasteiger partial charge on any atom is 0.303 e. The summed E-state index contributed by atoms with van der Waals surface area (Å²) in [5.41, 5.74) is 1.03. The van der Waals surface area contributed by atoms with E-state index in [-0.39, 0.29) is 18.2 Å². The molecule has 102 valence electrons. The SMILES string of the molecule is CC(CNC(=O)C1Cc2ccccc2O1)CC(=O)O. The van der Waals surface area contributed by atoms with Gasteiger partial charge in [0.15, 0.2) is 6.10 Å². The van der Waals surface area contributed by atoms with Gasteiger partial charge < -0.3 is 15.2 Å². The third-order valence-electron chi connectivity index (χ3n) is 3.09. The summed E-state index contributed by atoms with van der Waals surface area (Å²) >= 11 is 0. The second-order valence-electron chi connectivity index (χ2n) is 4.87. The number of carboxylic acid groups (broad SMARTS) is 1. The number of carbonyl (C=O) groups excluding carboxylic acids is 1. The van der Waals surface area contributed by atoms with Gasteiger partial charge in [0.25, 0.3) is 5.91 Å². The van der Waals surface area contributed by atoms with Crippen molar-refractivity contribution in [3.8, 4) is 5.75 Å². The van der Waals surface area contributed by atoms with E-state index in [0.29, 0.717) is 13.0 Å². The highest BCUT2D eigenvalue weighted by molar-refractivity contribution is 5.82. The lowest BCUT2D eigenvalue weighted by Crippen LogP contribution is -2.39. The molecular weight excluding hydrogens is 246 g/mol. The van der Waals surface area contributed by atoms with Crippen LogP contribution in [0.15, 0.2) is 24.3 Å². The highest BCUT2D eigenvalue weighted by Crippen LogP contribution is 2.28. The van der Waals surface area contributed by atoms with Crippen LogP contribution in [0.3, 0.4) is 0 Å². The Kier molecular flexibility index (Phi) is 4.04. The number of amides is 1. The Bertz CT molecular complexity index is 461. The Morgan fingerprint density at radius 1 is 1.47 bits per heavy atom. The summed E-state index contributed by atoms with van der Waals surface area (Å²) in [6, 6.07) is 7.57. The molecule has 1 heterocycles. The van der Waals surface area contributed by atoms with E-state index < -0.39 is 12.1 Å². The highest BCUT2D eigenvalue weighted by Gasteiger charge is 2.28. The van der Waals surface area contributed by atoms with E-state index in [9.17, 15) is 9.59 Å². The number of ether oxygens (including phenoxy) is 1. The molecule has 0 aliphatic carbocycles. The number of fused-ring (bicyclic) bond motifs is 1. The smallest absolute Gasteiger partial charge is 0.303 e. The molecule has 1 aromatic carbocycles. The standard InChI is InChI=1S/C14H17NO4/c1-9(6-13(16)17)8-15-14(18)12-7-10-4-2-3-5-11(10)19-12/h2-5,9,12H,6-8H2,1H3,(H,15,18)(H,16,17). The van der Waals surface area contributed by atoms with E-state index in [1.54, 1.807) is 6.92 Å². The predicted octanol–water partition coefficient (Wildman–Crippen LogP) is 1.22. The van der Waals surface area contributed by atoms with Gasteiger partial charge in [-0.2, -0.15) is 0 Å². The van der Waals surface area contributed by atoms with Crippen LogP contribution in [0.5, 0.6) is 5.75 Å². The average Bonchev–Trinajstić information content (AvgIpc) is 2.78. The summed E-state index contributed by atoms with van der Waals surface area (Å²) < 4.78 is 5.55. The zero-order valence-corrected chi connectivity index (χ0v) is 10.8. The Hall–Kier alpha value is -2.04. The fourth-order valence-corrected chi connectivity index (χ4v) is 2.09. The number of nitrogens with one attached hydrogen (secondary N) is 1. The van der Waals surface area contributed by atoms with Crippen LogP contribution in [0.4, 0.5) is 0 Å². The monoisotopic (exact) mass is 263 g/mol. The molecule has 2 rings (SSSR count). The summed E-state index contributed by atoms with van der Waals surface area (Å²) in [5.74, 6) is -0.383. The van der Waals surface area contributed by atoms with Gasteiger partial charge in [-0.3, -0.25) is 9.59 Å². The molecule has 0 saturated heterocycles. The van der Waals surface area contributed by atoms with Crippen LogP contribution in [-0.4, -0.2) is 29.6 Å². The average molecular weight is 263 g/mol. The summed E-state index contributed by atoms with van der Waals surface area (Å²) in [6.07, 6.45) is 0.107. The molecular formula is C14H17NO4. The summed E-state index contributed by atoms with van der Waals surface area (Å²) in [5, 5.41) is 11.4. The first-order valence-electron chi connectivity index (χ1n) is 6.30. The zero-order valence-electron chi connectivity index (χ0n) is 10.8. The van der Waals surface area contributed by atoms with Gasteiger partial charge in [-0.1, -0.05) is 25.1 Å². The van der Waals surface area contributed by atoms with E-state index in [4.69, 9.17) is 9.84 Å².